The van der Waals surface area contributed by atoms with Crippen molar-refractivity contribution in [2.24, 2.45) is 5.92 Å². The van der Waals surface area contributed by atoms with Gasteiger partial charge in [0.05, 0.1) is 18.7 Å². The summed E-state index contributed by atoms with van der Waals surface area (Å²) in [5.74, 6) is 0.544. The van der Waals surface area contributed by atoms with Gasteiger partial charge < -0.3 is 14.2 Å². The zero-order valence-corrected chi connectivity index (χ0v) is 14.8. The lowest BCUT2D eigenvalue weighted by atomic mass is 10.0. The highest BCUT2D eigenvalue weighted by Crippen LogP contribution is 2.23. The van der Waals surface area contributed by atoms with E-state index in [0.717, 1.165) is 11.3 Å². The zero-order valence-electron chi connectivity index (χ0n) is 14.8. The monoisotopic (exact) mass is 340 g/mol. The number of likely N-dealkylation sites (tertiary alicyclic amines) is 1. The Bertz CT molecular complexity index is 739. The van der Waals surface area contributed by atoms with E-state index in [1.54, 1.807) is 17.2 Å². The van der Waals surface area contributed by atoms with Crippen molar-refractivity contribution in [1.29, 1.82) is 0 Å². The van der Waals surface area contributed by atoms with E-state index in [2.05, 4.69) is 13.0 Å². The van der Waals surface area contributed by atoms with Crippen LogP contribution >= 0.6 is 0 Å². The van der Waals surface area contributed by atoms with Crippen LogP contribution in [0.5, 0.6) is 0 Å². The first kappa shape index (κ1) is 17.3. The van der Waals surface area contributed by atoms with Crippen LogP contribution in [-0.4, -0.2) is 34.7 Å². The van der Waals surface area contributed by atoms with Crippen molar-refractivity contribution in [2.45, 2.75) is 33.4 Å². The second kappa shape index (κ2) is 7.55. The molecule has 2 amide bonds. The van der Waals surface area contributed by atoms with Crippen LogP contribution < -0.4 is 0 Å². The molecule has 5 heteroatoms. The summed E-state index contributed by atoms with van der Waals surface area (Å²) in [4.78, 5) is 28.7. The molecule has 0 aliphatic carbocycles. The molecule has 2 heterocycles. The fourth-order valence-electron chi connectivity index (χ4n) is 3.28. The van der Waals surface area contributed by atoms with E-state index < -0.39 is 0 Å². The lowest BCUT2D eigenvalue weighted by Gasteiger charge is -2.25. The van der Waals surface area contributed by atoms with Gasteiger partial charge in [0.25, 0.3) is 0 Å². The van der Waals surface area contributed by atoms with E-state index >= 15 is 0 Å². The van der Waals surface area contributed by atoms with Gasteiger partial charge >= 0.3 is 0 Å². The van der Waals surface area contributed by atoms with Gasteiger partial charge in [-0.2, -0.15) is 0 Å². The molecule has 3 rings (SSSR count). The normalized spacial score (nSPS) is 17.1. The largest absolute Gasteiger partial charge is 0.467 e. The van der Waals surface area contributed by atoms with Crippen LogP contribution in [0.2, 0.25) is 0 Å². The maximum Gasteiger partial charge on any atom is 0.228 e. The molecule has 0 saturated carbocycles. The Morgan fingerprint density at radius 3 is 2.76 bits per heavy atom. The topological polar surface area (TPSA) is 53.8 Å². The summed E-state index contributed by atoms with van der Waals surface area (Å²) in [7, 11) is 0. The molecule has 25 heavy (non-hydrogen) atoms. The van der Waals surface area contributed by atoms with Crippen molar-refractivity contribution >= 4 is 11.8 Å². The molecule has 0 N–H and O–H groups in total. The quantitative estimate of drug-likeness (QED) is 0.812. The number of rotatable bonds is 6. The Kier molecular flexibility index (Phi) is 5.22. The maximum atomic E-state index is 12.9. The number of hydrogen-bond acceptors (Lipinski definition) is 3. The maximum absolute atomic E-state index is 12.9. The van der Waals surface area contributed by atoms with Gasteiger partial charge in [0.1, 0.15) is 5.76 Å². The lowest BCUT2D eigenvalue weighted by molar-refractivity contribution is -0.136. The number of benzene rings is 1. The van der Waals surface area contributed by atoms with Crippen LogP contribution in [0.15, 0.2) is 47.1 Å². The van der Waals surface area contributed by atoms with Gasteiger partial charge in [-0.1, -0.05) is 24.3 Å². The predicted molar refractivity (Wildman–Crippen MR) is 94.5 cm³/mol. The summed E-state index contributed by atoms with van der Waals surface area (Å²) in [6, 6.07) is 11.7. The van der Waals surface area contributed by atoms with Crippen LogP contribution in [0.4, 0.5) is 0 Å². The van der Waals surface area contributed by atoms with Crippen LogP contribution in [0.25, 0.3) is 0 Å². The SMILES string of the molecule is CCN(Cc1ccccc1C)C(=O)C1CC(=O)N(Cc2ccco2)C1. The molecule has 132 valence electrons. The second-order valence-corrected chi connectivity index (χ2v) is 6.53. The third-order valence-electron chi connectivity index (χ3n) is 4.81. The predicted octanol–water partition coefficient (Wildman–Crippen LogP) is 2.99. The molecule has 1 aliphatic rings. The minimum absolute atomic E-state index is 0.0155. The van der Waals surface area contributed by atoms with Gasteiger partial charge in [-0.05, 0) is 37.1 Å². The standard InChI is InChI=1S/C20H24N2O3/c1-3-21(12-16-8-5-4-7-15(16)2)20(24)17-11-19(23)22(13-17)14-18-9-6-10-25-18/h4-10,17H,3,11-14H2,1-2H3. The van der Waals surface area contributed by atoms with E-state index in [1.165, 1.54) is 5.56 Å². The molecular formula is C20H24N2O3. The van der Waals surface area contributed by atoms with E-state index in [1.807, 2.05) is 36.1 Å². The molecular weight excluding hydrogens is 316 g/mol. The molecule has 2 aromatic rings. The summed E-state index contributed by atoms with van der Waals surface area (Å²) in [5.41, 5.74) is 2.32. The van der Waals surface area contributed by atoms with E-state index in [4.69, 9.17) is 4.42 Å². The third kappa shape index (κ3) is 3.92. The first-order valence-corrected chi connectivity index (χ1v) is 8.72. The average molecular weight is 340 g/mol. The zero-order chi connectivity index (χ0) is 17.8. The van der Waals surface area contributed by atoms with Crippen molar-refractivity contribution in [1.82, 2.24) is 9.80 Å². The Hall–Kier alpha value is -2.56. The lowest BCUT2D eigenvalue weighted by Crippen LogP contribution is -2.37. The second-order valence-electron chi connectivity index (χ2n) is 6.53. The molecule has 1 unspecified atom stereocenters. The van der Waals surface area contributed by atoms with Crippen molar-refractivity contribution < 1.29 is 14.0 Å². The molecule has 1 saturated heterocycles. The van der Waals surface area contributed by atoms with Crippen LogP contribution in [0.1, 0.15) is 30.2 Å². The van der Waals surface area contributed by atoms with Gasteiger partial charge in [-0.15, -0.1) is 0 Å². The fraction of sp³-hybridized carbons (Fsp3) is 0.400. The van der Waals surface area contributed by atoms with Gasteiger partial charge in [-0.3, -0.25) is 9.59 Å². The van der Waals surface area contributed by atoms with Gasteiger partial charge in [-0.25, -0.2) is 0 Å². The van der Waals surface area contributed by atoms with Crippen molar-refractivity contribution in [3.8, 4) is 0 Å². The Balaban J connectivity index is 1.65. The minimum Gasteiger partial charge on any atom is -0.467 e. The number of carbonyl (C=O) groups is 2. The number of amides is 2. The van der Waals surface area contributed by atoms with E-state index in [9.17, 15) is 9.59 Å². The smallest absolute Gasteiger partial charge is 0.228 e. The van der Waals surface area contributed by atoms with E-state index in [0.29, 0.717) is 26.2 Å². The van der Waals surface area contributed by atoms with Gasteiger partial charge in [0.15, 0.2) is 0 Å². The summed E-state index contributed by atoms with van der Waals surface area (Å²) in [6.45, 7) is 6.15. The summed E-state index contributed by atoms with van der Waals surface area (Å²) < 4.78 is 5.31. The first-order valence-electron chi connectivity index (χ1n) is 8.72. The Labute approximate surface area is 148 Å². The van der Waals surface area contributed by atoms with Crippen LogP contribution in [0, 0.1) is 12.8 Å². The van der Waals surface area contributed by atoms with Gasteiger partial charge in [0.2, 0.25) is 11.8 Å². The van der Waals surface area contributed by atoms with Crippen LogP contribution in [-0.2, 0) is 22.7 Å². The number of nitrogens with zero attached hydrogens (tertiary/aromatic N) is 2. The molecule has 1 fully saturated rings. The summed E-state index contributed by atoms with van der Waals surface area (Å²) in [5, 5.41) is 0. The third-order valence-corrected chi connectivity index (χ3v) is 4.81. The molecule has 0 spiro atoms. The van der Waals surface area contributed by atoms with Crippen LogP contribution in [0.3, 0.4) is 0 Å². The number of hydrogen-bond donors (Lipinski definition) is 0. The van der Waals surface area contributed by atoms with Crippen molar-refractivity contribution in [2.75, 3.05) is 13.1 Å². The molecule has 1 aliphatic heterocycles. The highest BCUT2D eigenvalue weighted by Gasteiger charge is 2.36. The minimum atomic E-state index is -0.272. The molecule has 5 nitrogen and oxygen atoms in total. The Morgan fingerprint density at radius 2 is 2.08 bits per heavy atom. The highest BCUT2D eigenvalue weighted by atomic mass is 16.3. The highest BCUT2D eigenvalue weighted by molar-refractivity contribution is 5.89. The van der Waals surface area contributed by atoms with Crippen molar-refractivity contribution in [3.63, 3.8) is 0 Å². The first-order chi connectivity index (χ1) is 12.1. The summed E-state index contributed by atoms with van der Waals surface area (Å²) in [6.07, 6.45) is 1.88. The Morgan fingerprint density at radius 1 is 1.28 bits per heavy atom. The molecule has 1 aromatic carbocycles. The number of furan rings is 1. The average Bonchev–Trinajstić information content (AvgIpc) is 3.24. The molecule has 0 bridgehead atoms. The molecule has 1 atom stereocenters. The number of carbonyl (C=O) groups excluding carboxylic acids is 2. The van der Waals surface area contributed by atoms with Crippen molar-refractivity contribution in [3.05, 3.63) is 59.5 Å². The molecule has 0 radical (unpaired) electrons. The van der Waals surface area contributed by atoms with Gasteiger partial charge in [0, 0.05) is 26.1 Å². The fourth-order valence-corrected chi connectivity index (χ4v) is 3.28. The van der Waals surface area contributed by atoms with E-state index in [-0.39, 0.29) is 24.2 Å². The summed E-state index contributed by atoms with van der Waals surface area (Å²) >= 11 is 0. The molecule has 1 aromatic heterocycles. The number of aryl methyl sites for hydroxylation is 1.